The van der Waals surface area contributed by atoms with E-state index in [2.05, 4.69) is 4.74 Å². The molecule has 1 nitrogen and oxygen atoms in total. The van der Waals surface area contributed by atoms with Crippen LogP contribution in [0.5, 0.6) is 5.75 Å². The molecule has 0 atom stereocenters. The molecule has 0 aliphatic heterocycles. The van der Waals surface area contributed by atoms with E-state index in [1.807, 2.05) is 0 Å². The van der Waals surface area contributed by atoms with Gasteiger partial charge in [0.1, 0.15) is 5.75 Å². The number of hydrogen-bond acceptors (Lipinski definition) is 1. The number of halogens is 4. The molecule has 0 saturated heterocycles. The average molecular weight is 225 g/mol. The van der Waals surface area contributed by atoms with Gasteiger partial charge in [-0.15, -0.1) is 13.2 Å². The smallest absolute Gasteiger partial charge is 0.405 e. The summed E-state index contributed by atoms with van der Waals surface area (Å²) in [5, 5.41) is 0.224. The lowest BCUT2D eigenvalue weighted by Gasteiger charge is -2.12. The van der Waals surface area contributed by atoms with Crippen molar-refractivity contribution in [3.05, 3.63) is 28.8 Å². The number of benzene rings is 1. The van der Waals surface area contributed by atoms with Crippen LogP contribution in [-0.2, 0) is 6.42 Å². The Morgan fingerprint density at radius 3 is 2.50 bits per heavy atom. The third-order valence-corrected chi connectivity index (χ3v) is 1.87. The molecular formula is C9H8ClF3O. The zero-order valence-electron chi connectivity index (χ0n) is 7.36. The molecule has 14 heavy (non-hydrogen) atoms. The Labute approximate surface area is 84.4 Å². The highest BCUT2D eigenvalue weighted by Crippen LogP contribution is 2.29. The maximum Gasteiger partial charge on any atom is 0.573 e. The van der Waals surface area contributed by atoms with Crippen molar-refractivity contribution < 1.29 is 17.9 Å². The van der Waals surface area contributed by atoms with Gasteiger partial charge in [-0.2, -0.15) is 0 Å². The summed E-state index contributed by atoms with van der Waals surface area (Å²) in [4.78, 5) is 0. The number of rotatable bonds is 2. The molecule has 0 aliphatic carbocycles. The molecule has 0 heterocycles. The molecule has 1 aromatic carbocycles. The van der Waals surface area contributed by atoms with Gasteiger partial charge in [-0.3, -0.25) is 0 Å². The summed E-state index contributed by atoms with van der Waals surface area (Å²) in [6.45, 7) is 1.74. The Morgan fingerprint density at radius 2 is 2.00 bits per heavy atom. The van der Waals surface area contributed by atoms with E-state index in [0.29, 0.717) is 12.0 Å². The average Bonchev–Trinajstić information content (AvgIpc) is 2.01. The van der Waals surface area contributed by atoms with Crippen LogP contribution in [-0.4, -0.2) is 6.36 Å². The summed E-state index contributed by atoms with van der Waals surface area (Å²) in [5.41, 5.74) is 0.478. The number of alkyl halides is 3. The molecule has 0 amide bonds. The fraction of sp³-hybridized carbons (Fsp3) is 0.333. The van der Waals surface area contributed by atoms with Gasteiger partial charge in [0.15, 0.2) is 0 Å². The lowest BCUT2D eigenvalue weighted by molar-refractivity contribution is -0.274. The topological polar surface area (TPSA) is 9.23 Å². The van der Waals surface area contributed by atoms with E-state index in [-0.39, 0.29) is 10.8 Å². The van der Waals surface area contributed by atoms with E-state index in [0.717, 1.165) is 6.07 Å². The first kappa shape index (κ1) is 11.2. The van der Waals surface area contributed by atoms with Gasteiger partial charge in [-0.05, 0) is 24.1 Å². The van der Waals surface area contributed by atoms with Crippen LogP contribution >= 0.6 is 11.6 Å². The van der Waals surface area contributed by atoms with Crippen LogP contribution in [0.25, 0.3) is 0 Å². The highest BCUT2D eigenvalue weighted by atomic mass is 35.5. The molecule has 0 fully saturated rings. The van der Waals surface area contributed by atoms with E-state index in [1.165, 1.54) is 12.1 Å². The summed E-state index contributed by atoms with van der Waals surface area (Å²) >= 11 is 5.56. The quantitative estimate of drug-likeness (QED) is 0.743. The second-order valence-electron chi connectivity index (χ2n) is 2.65. The van der Waals surface area contributed by atoms with Crippen LogP contribution < -0.4 is 4.74 Å². The maximum atomic E-state index is 11.9. The summed E-state index contributed by atoms with van der Waals surface area (Å²) < 4.78 is 39.6. The van der Waals surface area contributed by atoms with Gasteiger partial charge >= 0.3 is 6.36 Å². The van der Waals surface area contributed by atoms with Crippen LogP contribution in [0, 0.1) is 0 Å². The molecule has 0 aliphatic rings. The Morgan fingerprint density at radius 1 is 1.36 bits per heavy atom. The minimum Gasteiger partial charge on any atom is -0.405 e. The molecule has 0 spiro atoms. The van der Waals surface area contributed by atoms with Crippen molar-refractivity contribution in [2.45, 2.75) is 19.7 Å². The Kier molecular flexibility index (Phi) is 3.26. The van der Waals surface area contributed by atoms with Crippen LogP contribution in [0.2, 0.25) is 5.02 Å². The van der Waals surface area contributed by atoms with Crippen molar-refractivity contribution in [3.63, 3.8) is 0 Å². The Hall–Kier alpha value is -0.900. The predicted molar refractivity (Wildman–Crippen MR) is 47.5 cm³/mol. The zero-order valence-corrected chi connectivity index (χ0v) is 8.12. The number of ether oxygens (including phenoxy) is 1. The maximum absolute atomic E-state index is 11.9. The summed E-state index contributed by atoms with van der Waals surface area (Å²) in [5.74, 6) is -0.229. The zero-order chi connectivity index (χ0) is 10.8. The van der Waals surface area contributed by atoms with Crippen molar-refractivity contribution in [2.75, 3.05) is 0 Å². The van der Waals surface area contributed by atoms with Gasteiger partial charge in [0.2, 0.25) is 0 Å². The van der Waals surface area contributed by atoms with Gasteiger partial charge in [0.25, 0.3) is 0 Å². The molecule has 78 valence electrons. The van der Waals surface area contributed by atoms with Crippen molar-refractivity contribution in [1.82, 2.24) is 0 Å². The standard InChI is InChI=1S/C9H8ClF3O/c1-2-6-3-4-7(10)5-8(6)14-9(11,12)13/h3-5H,2H2,1H3. The molecule has 0 aromatic heterocycles. The van der Waals surface area contributed by atoms with E-state index >= 15 is 0 Å². The first-order valence-electron chi connectivity index (χ1n) is 3.96. The van der Waals surface area contributed by atoms with Gasteiger partial charge in [-0.25, -0.2) is 0 Å². The molecule has 1 rings (SSSR count). The number of aryl methyl sites for hydroxylation is 1. The molecule has 0 N–H and O–H groups in total. The first-order chi connectivity index (χ1) is 6.42. The summed E-state index contributed by atoms with van der Waals surface area (Å²) in [7, 11) is 0. The molecule has 1 aromatic rings. The molecule has 0 unspecified atom stereocenters. The van der Waals surface area contributed by atoms with Crippen molar-refractivity contribution >= 4 is 11.6 Å². The minimum atomic E-state index is -4.67. The predicted octanol–water partition coefficient (Wildman–Crippen LogP) is 3.80. The second kappa shape index (κ2) is 4.09. The van der Waals surface area contributed by atoms with Gasteiger partial charge in [0.05, 0.1) is 0 Å². The SMILES string of the molecule is CCc1ccc(Cl)cc1OC(F)(F)F. The molecular weight excluding hydrogens is 217 g/mol. The highest BCUT2D eigenvalue weighted by molar-refractivity contribution is 6.30. The van der Waals surface area contributed by atoms with Gasteiger partial charge in [0, 0.05) is 5.02 Å². The summed E-state index contributed by atoms with van der Waals surface area (Å²) in [6, 6.07) is 4.21. The van der Waals surface area contributed by atoms with Crippen LogP contribution in [0.3, 0.4) is 0 Å². The highest BCUT2D eigenvalue weighted by Gasteiger charge is 2.31. The molecule has 0 saturated carbocycles. The lowest BCUT2D eigenvalue weighted by Crippen LogP contribution is -2.18. The van der Waals surface area contributed by atoms with Gasteiger partial charge < -0.3 is 4.74 Å². The van der Waals surface area contributed by atoms with E-state index in [9.17, 15) is 13.2 Å². The van der Waals surface area contributed by atoms with Crippen molar-refractivity contribution in [3.8, 4) is 5.75 Å². The number of hydrogen-bond donors (Lipinski definition) is 0. The summed E-state index contributed by atoms with van der Waals surface area (Å²) in [6.07, 6.45) is -4.21. The van der Waals surface area contributed by atoms with E-state index < -0.39 is 6.36 Å². The van der Waals surface area contributed by atoms with Crippen molar-refractivity contribution in [2.24, 2.45) is 0 Å². The lowest BCUT2D eigenvalue weighted by atomic mass is 10.1. The molecule has 5 heteroatoms. The fourth-order valence-corrected chi connectivity index (χ4v) is 1.20. The first-order valence-corrected chi connectivity index (χ1v) is 4.34. The molecule has 0 radical (unpaired) electrons. The Balaban J connectivity index is 2.99. The van der Waals surface area contributed by atoms with E-state index in [1.54, 1.807) is 6.92 Å². The fourth-order valence-electron chi connectivity index (χ4n) is 1.04. The normalized spacial score (nSPS) is 11.5. The largest absolute Gasteiger partial charge is 0.573 e. The van der Waals surface area contributed by atoms with Crippen molar-refractivity contribution in [1.29, 1.82) is 0 Å². The second-order valence-corrected chi connectivity index (χ2v) is 3.09. The van der Waals surface area contributed by atoms with Crippen LogP contribution in [0.15, 0.2) is 18.2 Å². The van der Waals surface area contributed by atoms with E-state index in [4.69, 9.17) is 11.6 Å². The van der Waals surface area contributed by atoms with Gasteiger partial charge in [-0.1, -0.05) is 24.6 Å². The van der Waals surface area contributed by atoms with Crippen LogP contribution in [0.1, 0.15) is 12.5 Å². The van der Waals surface area contributed by atoms with Crippen LogP contribution in [0.4, 0.5) is 13.2 Å². The molecule has 0 bridgehead atoms. The Bertz CT molecular complexity index is 322. The third-order valence-electron chi connectivity index (χ3n) is 1.64. The minimum absolute atomic E-state index is 0.224. The third kappa shape index (κ3) is 3.10. The monoisotopic (exact) mass is 224 g/mol.